The first-order valence-corrected chi connectivity index (χ1v) is 10.6. The third kappa shape index (κ3) is 4.93. The molecular weight excluding hydrogens is 410 g/mol. The molecule has 0 aromatic carbocycles. The Kier molecular flexibility index (Phi) is 5.70. The summed E-state index contributed by atoms with van der Waals surface area (Å²) in [5.74, 6) is -2.65. The van der Waals surface area contributed by atoms with Crippen molar-refractivity contribution in [2.24, 2.45) is 5.92 Å². The van der Waals surface area contributed by atoms with Gasteiger partial charge in [-0.3, -0.25) is 9.69 Å². The number of likely N-dealkylation sites (tertiary alicyclic amines) is 1. The summed E-state index contributed by atoms with van der Waals surface area (Å²) in [7, 11) is 0. The van der Waals surface area contributed by atoms with Gasteiger partial charge in [0.15, 0.2) is 5.01 Å². The summed E-state index contributed by atoms with van der Waals surface area (Å²) in [6, 6.07) is 5.51. The van der Waals surface area contributed by atoms with Crippen LogP contribution < -0.4 is 5.32 Å². The molecule has 1 saturated heterocycles. The number of nitrogens with zero attached hydrogens (tertiary/aromatic N) is 5. The topological polar surface area (TPSA) is 83.9 Å². The van der Waals surface area contributed by atoms with Crippen LogP contribution >= 0.6 is 11.3 Å². The van der Waals surface area contributed by atoms with Gasteiger partial charge in [-0.25, -0.2) is 18.7 Å². The van der Waals surface area contributed by atoms with Gasteiger partial charge in [-0.1, -0.05) is 11.3 Å². The third-order valence-electron chi connectivity index (χ3n) is 5.03. The number of rotatable bonds is 5. The van der Waals surface area contributed by atoms with Crippen LogP contribution in [0.25, 0.3) is 21.6 Å². The molecule has 7 nitrogen and oxygen atoms in total. The number of aryl methyl sites for hydroxylation is 1. The van der Waals surface area contributed by atoms with Gasteiger partial charge in [0, 0.05) is 30.5 Å². The highest BCUT2D eigenvalue weighted by Crippen LogP contribution is 2.26. The molecule has 1 aliphatic rings. The fraction of sp³-hybridized carbons (Fsp3) is 0.450. The van der Waals surface area contributed by atoms with Crippen molar-refractivity contribution >= 4 is 34.0 Å². The smallest absolute Gasteiger partial charge is 0.257 e. The molecule has 3 aromatic rings. The molecule has 0 bridgehead atoms. The maximum Gasteiger partial charge on any atom is 0.257 e. The molecule has 0 atom stereocenters. The zero-order chi connectivity index (χ0) is 21.3. The number of piperidine rings is 1. The number of amides is 1. The molecule has 1 N–H and O–H groups in total. The predicted octanol–water partition coefficient (Wildman–Crippen LogP) is 3.76. The van der Waals surface area contributed by atoms with Crippen molar-refractivity contribution < 1.29 is 13.6 Å². The lowest BCUT2D eigenvalue weighted by Gasteiger charge is -2.32. The van der Waals surface area contributed by atoms with Crippen LogP contribution in [0.2, 0.25) is 0 Å². The van der Waals surface area contributed by atoms with Gasteiger partial charge in [0.1, 0.15) is 16.5 Å². The number of aromatic nitrogens is 4. The molecule has 0 unspecified atom stereocenters. The maximum atomic E-state index is 13.2. The molecule has 10 heteroatoms. The van der Waals surface area contributed by atoms with Crippen molar-refractivity contribution in [3.05, 3.63) is 29.4 Å². The van der Waals surface area contributed by atoms with Crippen molar-refractivity contribution in [2.75, 3.05) is 25.0 Å². The van der Waals surface area contributed by atoms with Gasteiger partial charge in [0.2, 0.25) is 5.91 Å². The van der Waals surface area contributed by atoms with Crippen molar-refractivity contribution in [1.82, 2.24) is 25.1 Å². The van der Waals surface area contributed by atoms with E-state index < -0.39 is 5.92 Å². The number of halogens is 2. The van der Waals surface area contributed by atoms with Gasteiger partial charge in [-0.15, -0.1) is 10.2 Å². The predicted molar refractivity (Wildman–Crippen MR) is 112 cm³/mol. The molecule has 1 fully saturated rings. The van der Waals surface area contributed by atoms with E-state index in [1.54, 1.807) is 17.2 Å². The summed E-state index contributed by atoms with van der Waals surface area (Å²) in [4.78, 5) is 23.3. The number of carbonyl (C=O) groups is 1. The van der Waals surface area contributed by atoms with Crippen LogP contribution in [0.3, 0.4) is 0 Å². The van der Waals surface area contributed by atoms with E-state index in [9.17, 15) is 13.6 Å². The molecule has 158 valence electrons. The Morgan fingerprint density at radius 3 is 2.73 bits per heavy atom. The highest BCUT2D eigenvalue weighted by Gasteiger charge is 2.30. The largest absolute Gasteiger partial charge is 0.310 e. The molecule has 0 saturated carbocycles. The van der Waals surface area contributed by atoms with Gasteiger partial charge < -0.3 is 5.32 Å². The first-order chi connectivity index (χ1) is 14.3. The molecule has 3 aromatic heterocycles. The van der Waals surface area contributed by atoms with E-state index in [0.29, 0.717) is 37.3 Å². The molecule has 4 rings (SSSR count). The summed E-state index contributed by atoms with van der Waals surface area (Å²) in [5, 5.41) is 13.4. The number of anilines is 1. The summed E-state index contributed by atoms with van der Waals surface area (Å²) < 4.78 is 26.3. The minimum atomic E-state index is -2.72. The molecule has 0 aliphatic carbocycles. The molecule has 4 heterocycles. The normalized spacial score (nSPS) is 16.1. The van der Waals surface area contributed by atoms with E-state index in [-0.39, 0.29) is 18.4 Å². The first kappa shape index (κ1) is 20.7. The van der Waals surface area contributed by atoms with E-state index >= 15 is 0 Å². The van der Waals surface area contributed by atoms with Crippen LogP contribution in [-0.2, 0) is 4.79 Å². The zero-order valence-electron chi connectivity index (χ0n) is 16.7. The fourth-order valence-electron chi connectivity index (χ4n) is 3.58. The maximum absolute atomic E-state index is 13.2. The Morgan fingerprint density at radius 1 is 1.30 bits per heavy atom. The average Bonchev–Trinajstić information content (AvgIpc) is 3.13. The monoisotopic (exact) mass is 432 g/mol. The first-order valence-electron chi connectivity index (χ1n) is 9.75. The number of nitrogens with one attached hydrogen (secondary N) is 1. The summed E-state index contributed by atoms with van der Waals surface area (Å²) >= 11 is 1.47. The van der Waals surface area contributed by atoms with Crippen molar-refractivity contribution in [1.29, 1.82) is 0 Å². The van der Waals surface area contributed by atoms with Gasteiger partial charge >= 0.3 is 0 Å². The highest BCUT2D eigenvalue weighted by molar-refractivity contribution is 7.14. The zero-order valence-corrected chi connectivity index (χ0v) is 17.5. The number of alkyl halides is 2. The Morgan fingerprint density at radius 2 is 2.07 bits per heavy atom. The van der Waals surface area contributed by atoms with Crippen LogP contribution in [0.4, 0.5) is 14.6 Å². The van der Waals surface area contributed by atoms with Crippen molar-refractivity contribution in [2.45, 2.75) is 32.6 Å². The SMILES string of the molecule is Cc1nnc(-c2ccc3cnc(NC(=O)C4CCN(CC(C)(F)F)CC4)cc3n2)s1. The molecule has 0 radical (unpaired) electrons. The van der Waals surface area contributed by atoms with Crippen LogP contribution in [0.1, 0.15) is 24.8 Å². The molecule has 1 amide bonds. The molecule has 30 heavy (non-hydrogen) atoms. The second-order valence-corrected chi connectivity index (χ2v) is 8.88. The number of hydrogen-bond donors (Lipinski definition) is 1. The molecular formula is C20H22F2N6OS. The second kappa shape index (κ2) is 8.27. The van der Waals surface area contributed by atoms with Crippen LogP contribution in [0, 0.1) is 12.8 Å². The minimum Gasteiger partial charge on any atom is -0.310 e. The fourth-order valence-corrected chi connectivity index (χ4v) is 4.24. The van der Waals surface area contributed by atoms with E-state index in [4.69, 9.17) is 0 Å². The highest BCUT2D eigenvalue weighted by atomic mass is 32.1. The molecule has 0 spiro atoms. The minimum absolute atomic E-state index is 0.138. The van der Waals surface area contributed by atoms with Crippen molar-refractivity contribution in [3.8, 4) is 10.7 Å². The summed E-state index contributed by atoms with van der Waals surface area (Å²) in [6.45, 7) is 3.51. The average molecular weight is 433 g/mol. The van der Waals surface area contributed by atoms with Gasteiger partial charge in [-0.05, 0) is 45.0 Å². The lowest BCUT2D eigenvalue weighted by Crippen LogP contribution is -2.42. The standard InChI is InChI=1S/C20H22F2N6OS/c1-12-26-27-19(30-12)15-4-3-14-10-23-17(9-16(14)24-15)25-18(29)13-5-7-28(8-6-13)11-20(2,21)22/h3-4,9-10,13H,5-8,11H2,1-2H3,(H,23,25,29). The second-order valence-electron chi connectivity index (χ2n) is 7.69. The molecule has 1 aliphatic heterocycles. The number of hydrogen-bond acceptors (Lipinski definition) is 7. The van der Waals surface area contributed by atoms with Gasteiger partial charge in [0.25, 0.3) is 5.92 Å². The van der Waals surface area contributed by atoms with E-state index in [1.807, 2.05) is 19.1 Å². The number of fused-ring (bicyclic) bond motifs is 1. The summed E-state index contributed by atoms with van der Waals surface area (Å²) in [6.07, 6.45) is 2.77. The van der Waals surface area contributed by atoms with Crippen LogP contribution in [0.15, 0.2) is 24.4 Å². The van der Waals surface area contributed by atoms with Crippen LogP contribution in [0.5, 0.6) is 0 Å². The quantitative estimate of drug-likeness (QED) is 0.661. The Hall–Kier alpha value is -2.59. The number of carbonyl (C=O) groups excluding carboxylic acids is 1. The number of pyridine rings is 2. The van der Waals surface area contributed by atoms with Crippen molar-refractivity contribution in [3.63, 3.8) is 0 Å². The van der Waals surface area contributed by atoms with Crippen LogP contribution in [-0.4, -0.2) is 56.5 Å². The van der Waals surface area contributed by atoms with E-state index in [0.717, 1.165) is 28.0 Å². The summed E-state index contributed by atoms with van der Waals surface area (Å²) in [5.41, 5.74) is 1.42. The lowest BCUT2D eigenvalue weighted by atomic mass is 9.95. The van der Waals surface area contributed by atoms with Gasteiger partial charge in [-0.2, -0.15) is 0 Å². The van der Waals surface area contributed by atoms with E-state index in [2.05, 4.69) is 25.5 Å². The van der Waals surface area contributed by atoms with E-state index in [1.165, 1.54) is 11.3 Å². The van der Waals surface area contributed by atoms with Gasteiger partial charge in [0.05, 0.1) is 12.1 Å². The third-order valence-corrected chi connectivity index (χ3v) is 5.89. The Balaban J connectivity index is 1.43. The Bertz CT molecular complexity index is 1060. The lowest BCUT2D eigenvalue weighted by molar-refractivity contribution is -0.121. The Labute approximate surface area is 176 Å².